The predicted molar refractivity (Wildman–Crippen MR) is 150 cm³/mol. The molecule has 0 saturated heterocycles. The summed E-state index contributed by atoms with van der Waals surface area (Å²) in [4.78, 5) is 4.26. The fraction of sp³-hybridized carbons (Fsp3) is 0.0303. The average Bonchev–Trinajstić information content (AvgIpc) is 3.61. The van der Waals surface area contributed by atoms with Crippen molar-refractivity contribution in [2.75, 3.05) is 0 Å². The van der Waals surface area contributed by atoms with Gasteiger partial charge in [-0.2, -0.15) is 30.4 Å². The molecule has 3 aromatic heterocycles. The molecule has 42 heavy (non-hydrogen) atoms. The zero-order valence-electron chi connectivity index (χ0n) is 21.6. The van der Waals surface area contributed by atoms with E-state index < -0.39 is 11.7 Å². The number of hydrogen-bond acceptors (Lipinski definition) is 3. The molecule has 3 heterocycles. The summed E-state index contributed by atoms with van der Waals surface area (Å²) in [6.07, 6.45) is 0.381. The zero-order valence-corrected chi connectivity index (χ0v) is 23.9. The summed E-state index contributed by atoms with van der Waals surface area (Å²) in [5.74, 6) is 0.961. The second-order valence-electron chi connectivity index (χ2n) is 9.38. The van der Waals surface area contributed by atoms with Crippen LogP contribution in [0.5, 0.6) is 11.5 Å². The number of hydrogen-bond donors (Lipinski definition) is 0. The molecule has 0 spiro atoms. The number of ether oxygens (including phenoxy) is 1. The quantitative estimate of drug-likeness (QED) is 0.167. The van der Waals surface area contributed by atoms with Crippen LogP contribution < -0.4 is 4.74 Å². The molecule has 0 amide bonds. The maximum absolute atomic E-state index is 13.5. The van der Waals surface area contributed by atoms with Crippen molar-refractivity contribution in [3.05, 3.63) is 133 Å². The van der Waals surface area contributed by atoms with Gasteiger partial charge in [-0.3, -0.25) is 4.68 Å². The molecule has 0 bridgehead atoms. The second kappa shape index (κ2) is 11.0. The number of aromatic nitrogens is 4. The summed E-state index contributed by atoms with van der Waals surface area (Å²) in [6.45, 7) is 0. The van der Waals surface area contributed by atoms with Crippen molar-refractivity contribution in [2.45, 2.75) is 6.18 Å². The number of alkyl halides is 3. The fourth-order valence-electron chi connectivity index (χ4n) is 4.87. The van der Waals surface area contributed by atoms with Crippen LogP contribution in [-0.4, -0.2) is 19.3 Å². The van der Waals surface area contributed by atoms with Gasteiger partial charge in [0.05, 0.1) is 11.8 Å². The van der Waals surface area contributed by atoms with E-state index in [4.69, 9.17) is 4.74 Å². The molecule has 7 rings (SSSR count). The number of fused-ring (bicyclic) bond motifs is 3. The first-order chi connectivity index (χ1) is 19.9. The van der Waals surface area contributed by atoms with Gasteiger partial charge in [0.25, 0.3) is 0 Å². The molecule has 0 aliphatic rings. The molecule has 0 unspecified atom stereocenters. The maximum Gasteiger partial charge on any atom is 4.00 e. The molecule has 0 radical (unpaired) electrons. The minimum Gasteiger partial charge on any atom is -0.509 e. The molecule has 0 N–H and O–H groups in total. The van der Waals surface area contributed by atoms with Crippen LogP contribution in [0.25, 0.3) is 44.4 Å². The summed E-state index contributed by atoms with van der Waals surface area (Å²) < 4.78 is 50.1. The Bertz CT molecular complexity index is 2030. The molecule has 7 aromatic rings. The van der Waals surface area contributed by atoms with E-state index in [1.807, 2.05) is 79.0 Å². The molecule has 0 saturated carbocycles. The van der Waals surface area contributed by atoms with Gasteiger partial charge in [0.2, 0.25) is 0 Å². The van der Waals surface area contributed by atoms with Crippen LogP contribution in [0.1, 0.15) is 5.56 Å². The van der Waals surface area contributed by atoms with Gasteiger partial charge in [0.1, 0.15) is 5.82 Å². The van der Waals surface area contributed by atoms with Crippen molar-refractivity contribution < 1.29 is 39.0 Å². The van der Waals surface area contributed by atoms with Crippen molar-refractivity contribution in [3.8, 4) is 34.1 Å². The fourth-order valence-corrected chi connectivity index (χ4v) is 4.87. The minimum absolute atomic E-state index is 0. The van der Waals surface area contributed by atoms with E-state index in [1.165, 1.54) is 0 Å². The SMILES string of the molecule is FC(F)(F)c1ccnc(-n2c3[c-]c(Oc4[c-]c(-n5cc(-c6ccccc6)cn5)ccc4)ccc3c3ccccc32)c1.[Pt+4]. The van der Waals surface area contributed by atoms with Gasteiger partial charge in [-0.1, -0.05) is 54.0 Å². The van der Waals surface area contributed by atoms with Crippen LogP contribution >= 0.6 is 0 Å². The molecule has 0 atom stereocenters. The average molecular weight is 740 g/mol. The molecule has 5 nitrogen and oxygen atoms in total. The maximum atomic E-state index is 13.5. The number of para-hydroxylation sites is 1. The molecule has 0 aliphatic heterocycles. The second-order valence-corrected chi connectivity index (χ2v) is 9.38. The summed E-state index contributed by atoms with van der Waals surface area (Å²) in [5.41, 5.74) is 3.20. The minimum atomic E-state index is -4.49. The third-order valence-corrected chi connectivity index (χ3v) is 6.77. The van der Waals surface area contributed by atoms with Gasteiger partial charge >= 0.3 is 27.2 Å². The van der Waals surface area contributed by atoms with Gasteiger partial charge < -0.3 is 9.30 Å². The largest absolute Gasteiger partial charge is 4.00 e. The Morgan fingerprint density at radius 3 is 2.36 bits per heavy atom. The van der Waals surface area contributed by atoms with Gasteiger partial charge in [-0.25, -0.2) is 4.98 Å². The number of halogens is 3. The third-order valence-electron chi connectivity index (χ3n) is 6.77. The number of pyridine rings is 1. The molecule has 9 heteroatoms. The smallest absolute Gasteiger partial charge is 0.509 e. The number of nitrogens with zero attached hydrogens (tertiary/aromatic N) is 4. The van der Waals surface area contributed by atoms with Crippen LogP contribution in [0.2, 0.25) is 0 Å². The van der Waals surface area contributed by atoms with E-state index in [0.717, 1.165) is 40.2 Å². The van der Waals surface area contributed by atoms with Gasteiger partial charge in [0.15, 0.2) is 0 Å². The Morgan fingerprint density at radius 1 is 0.738 bits per heavy atom. The Balaban J connectivity index is 0.00000316. The van der Waals surface area contributed by atoms with E-state index in [9.17, 15) is 13.2 Å². The van der Waals surface area contributed by atoms with Crippen LogP contribution in [0.3, 0.4) is 0 Å². The van der Waals surface area contributed by atoms with Gasteiger partial charge in [0, 0.05) is 35.0 Å². The van der Waals surface area contributed by atoms with Crippen LogP contribution in [0.15, 0.2) is 116 Å². The van der Waals surface area contributed by atoms with Crippen molar-refractivity contribution in [1.29, 1.82) is 0 Å². The van der Waals surface area contributed by atoms with E-state index in [1.54, 1.807) is 27.6 Å². The summed E-state index contributed by atoms with van der Waals surface area (Å²) in [7, 11) is 0. The first kappa shape index (κ1) is 27.5. The normalized spacial score (nSPS) is 11.5. The Morgan fingerprint density at radius 2 is 1.52 bits per heavy atom. The Hall–Kier alpha value is -4.68. The zero-order chi connectivity index (χ0) is 28.0. The molecule has 206 valence electrons. The first-order valence-electron chi connectivity index (χ1n) is 12.7. The number of rotatable bonds is 5. The van der Waals surface area contributed by atoms with Gasteiger partial charge in [-0.05, 0) is 34.8 Å². The topological polar surface area (TPSA) is 44.9 Å². The standard InChI is InChI=1S/C33H19F3N4O.Pt/c34-33(35,36)24-15-16-37-32(17-24)40-30-12-5-4-11-28(30)29-14-13-27(19-31(29)40)41-26-10-6-9-25(18-26)39-21-23(20-38-39)22-7-2-1-3-8-22;/h1-17,20-21H;/q-2;+4. The summed E-state index contributed by atoms with van der Waals surface area (Å²) in [5, 5.41) is 6.16. The van der Waals surface area contributed by atoms with Crippen molar-refractivity contribution in [3.63, 3.8) is 0 Å². The van der Waals surface area contributed by atoms with E-state index in [2.05, 4.69) is 22.2 Å². The monoisotopic (exact) mass is 739 g/mol. The third kappa shape index (κ3) is 5.10. The molecular formula is C33H19F3N4OPt+2. The molecule has 4 aromatic carbocycles. The van der Waals surface area contributed by atoms with E-state index in [-0.39, 0.29) is 26.9 Å². The van der Waals surface area contributed by atoms with Crippen LogP contribution in [-0.2, 0) is 27.2 Å². The van der Waals surface area contributed by atoms with Crippen LogP contribution in [0.4, 0.5) is 13.2 Å². The molecule has 0 fully saturated rings. The Labute approximate surface area is 253 Å². The van der Waals surface area contributed by atoms with E-state index >= 15 is 0 Å². The number of benzene rings is 4. The summed E-state index contributed by atoms with van der Waals surface area (Å²) in [6, 6.07) is 35.1. The Kier molecular flexibility index (Phi) is 7.17. The molecule has 0 aliphatic carbocycles. The van der Waals surface area contributed by atoms with Crippen molar-refractivity contribution in [2.24, 2.45) is 0 Å². The van der Waals surface area contributed by atoms with Gasteiger partial charge in [-0.15, -0.1) is 35.7 Å². The molecular weight excluding hydrogens is 720 g/mol. The van der Waals surface area contributed by atoms with Crippen LogP contribution in [0, 0.1) is 12.1 Å². The summed E-state index contributed by atoms with van der Waals surface area (Å²) >= 11 is 0. The van der Waals surface area contributed by atoms with Crippen molar-refractivity contribution in [1.82, 2.24) is 19.3 Å². The van der Waals surface area contributed by atoms with Crippen molar-refractivity contribution >= 4 is 21.8 Å². The van der Waals surface area contributed by atoms with E-state index in [0.29, 0.717) is 28.2 Å². The first-order valence-corrected chi connectivity index (χ1v) is 12.7. The predicted octanol–water partition coefficient (Wildman–Crippen LogP) is 8.44.